The van der Waals surface area contributed by atoms with Gasteiger partial charge < -0.3 is 4.74 Å². The molecule has 14 heavy (non-hydrogen) atoms. The Morgan fingerprint density at radius 3 is 2.36 bits per heavy atom. The summed E-state index contributed by atoms with van der Waals surface area (Å²) in [6, 6.07) is 8.35. The van der Waals surface area contributed by atoms with Gasteiger partial charge in [-0.25, -0.2) is 0 Å². The van der Waals surface area contributed by atoms with E-state index in [0.717, 1.165) is 11.1 Å². The van der Waals surface area contributed by atoms with Gasteiger partial charge in [-0.3, -0.25) is 0 Å². The van der Waals surface area contributed by atoms with Gasteiger partial charge in [-0.15, -0.1) is 0 Å². The molecular weight excluding hydrogens is 240 g/mol. The highest BCUT2D eigenvalue weighted by Crippen LogP contribution is 2.13. The number of ether oxygens (including phenoxy) is 1. The molecule has 0 spiro atoms. The normalized spacial score (nSPS) is 10.1. The van der Waals surface area contributed by atoms with Crippen LogP contribution in [0.2, 0.25) is 0 Å². The van der Waals surface area contributed by atoms with Gasteiger partial charge in [0, 0.05) is 5.33 Å². The van der Waals surface area contributed by atoms with Crippen molar-refractivity contribution in [2.45, 2.75) is 25.7 Å². The third kappa shape index (κ3) is 4.14. The first-order chi connectivity index (χ1) is 6.86. The van der Waals surface area contributed by atoms with Gasteiger partial charge in [-0.1, -0.05) is 34.5 Å². The maximum atomic E-state index is 5.11. The van der Waals surface area contributed by atoms with Gasteiger partial charge in [0.25, 0.3) is 0 Å². The van der Waals surface area contributed by atoms with Crippen molar-refractivity contribution in [3.05, 3.63) is 29.8 Å². The Labute approximate surface area is 94.6 Å². The first-order valence-electron chi connectivity index (χ1n) is 5.05. The van der Waals surface area contributed by atoms with E-state index in [9.17, 15) is 0 Å². The Morgan fingerprint density at radius 2 is 1.79 bits per heavy atom. The van der Waals surface area contributed by atoms with E-state index < -0.39 is 0 Å². The lowest BCUT2D eigenvalue weighted by molar-refractivity contribution is 0.414. The van der Waals surface area contributed by atoms with Crippen LogP contribution < -0.4 is 4.74 Å². The lowest BCUT2D eigenvalue weighted by Gasteiger charge is -2.02. The molecule has 1 aromatic carbocycles. The zero-order chi connectivity index (χ0) is 10.2. The number of alkyl halides is 1. The Balaban J connectivity index is 2.29. The number of methoxy groups -OCH3 is 1. The van der Waals surface area contributed by atoms with E-state index in [4.69, 9.17) is 4.74 Å². The molecule has 2 heteroatoms. The second-order valence-corrected chi connectivity index (χ2v) is 4.14. The summed E-state index contributed by atoms with van der Waals surface area (Å²) in [6.07, 6.45) is 5.03. The number of unbranched alkanes of at least 4 members (excludes halogenated alkanes) is 2. The van der Waals surface area contributed by atoms with Crippen molar-refractivity contribution in [1.82, 2.24) is 0 Å². The molecule has 0 aliphatic carbocycles. The highest BCUT2D eigenvalue weighted by Gasteiger charge is 1.94. The molecule has 0 atom stereocenters. The Kier molecular flexibility index (Phi) is 5.69. The van der Waals surface area contributed by atoms with E-state index in [1.54, 1.807) is 7.11 Å². The molecule has 0 amide bonds. The van der Waals surface area contributed by atoms with E-state index in [2.05, 4.69) is 28.1 Å². The monoisotopic (exact) mass is 256 g/mol. The van der Waals surface area contributed by atoms with Crippen LogP contribution in [0.1, 0.15) is 24.8 Å². The van der Waals surface area contributed by atoms with Gasteiger partial charge in [0.05, 0.1) is 7.11 Å². The lowest BCUT2D eigenvalue weighted by atomic mass is 10.1. The fraction of sp³-hybridized carbons (Fsp3) is 0.500. The number of halogens is 1. The summed E-state index contributed by atoms with van der Waals surface area (Å²) in [5.74, 6) is 0.939. The molecule has 0 saturated heterocycles. The van der Waals surface area contributed by atoms with E-state index >= 15 is 0 Å². The minimum Gasteiger partial charge on any atom is -0.497 e. The number of hydrogen-bond acceptors (Lipinski definition) is 1. The third-order valence-corrected chi connectivity index (χ3v) is 2.82. The summed E-state index contributed by atoms with van der Waals surface area (Å²) in [5.41, 5.74) is 1.40. The van der Waals surface area contributed by atoms with Crippen LogP contribution in [0.4, 0.5) is 0 Å². The van der Waals surface area contributed by atoms with Crippen LogP contribution in [0.3, 0.4) is 0 Å². The van der Waals surface area contributed by atoms with Crippen molar-refractivity contribution in [2.24, 2.45) is 0 Å². The van der Waals surface area contributed by atoms with Crippen molar-refractivity contribution in [3.8, 4) is 5.75 Å². The summed E-state index contributed by atoms with van der Waals surface area (Å²) in [6.45, 7) is 0. The van der Waals surface area contributed by atoms with Crippen molar-refractivity contribution in [2.75, 3.05) is 12.4 Å². The second kappa shape index (κ2) is 6.88. The van der Waals surface area contributed by atoms with E-state index in [0.29, 0.717) is 0 Å². The van der Waals surface area contributed by atoms with Gasteiger partial charge in [0.1, 0.15) is 5.75 Å². The molecule has 0 aliphatic heterocycles. The number of hydrogen-bond donors (Lipinski definition) is 0. The Bertz CT molecular complexity index is 243. The van der Waals surface area contributed by atoms with Gasteiger partial charge in [0.15, 0.2) is 0 Å². The van der Waals surface area contributed by atoms with Crippen LogP contribution in [0.5, 0.6) is 5.75 Å². The largest absolute Gasteiger partial charge is 0.497 e. The van der Waals surface area contributed by atoms with Crippen LogP contribution in [-0.4, -0.2) is 12.4 Å². The maximum absolute atomic E-state index is 5.11. The summed E-state index contributed by atoms with van der Waals surface area (Å²) < 4.78 is 5.11. The smallest absolute Gasteiger partial charge is 0.118 e. The second-order valence-electron chi connectivity index (χ2n) is 3.35. The molecule has 0 N–H and O–H groups in total. The van der Waals surface area contributed by atoms with E-state index in [-0.39, 0.29) is 0 Å². The zero-order valence-corrected chi connectivity index (χ0v) is 10.2. The lowest BCUT2D eigenvalue weighted by Crippen LogP contribution is -1.87. The van der Waals surface area contributed by atoms with Crippen LogP contribution >= 0.6 is 15.9 Å². The average molecular weight is 257 g/mol. The fourth-order valence-electron chi connectivity index (χ4n) is 1.39. The van der Waals surface area contributed by atoms with Crippen LogP contribution in [0.25, 0.3) is 0 Å². The van der Waals surface area contributed by atoms with Crippen LogP contribution in [0.15, 0.2) is 24.3 Å². The molecule has 0 saturated carbocycles. The Morgan fingerprint density at radius 1 is 1.07 bits per heavy atom. The first kappa shape index (κ1) is 11.6. The molecule has 0 bridgehead atoms. The molecule has 0 radical (unpaired) electrons. The molecule has 1 rings (SSSR count). The Hall–Kier alpha value is -0.500. The average Bonchev–Trinajstić information content (AvgIpc) is 2.25. The number of rotatable bonds is 6. The number of aryl methyl sites for hydroxylation is 1. The molecule has 1 nitrogen and oxygen atoms in total. The number of benzene rings is 1. The molecule has 0 fully saturated rings. The molecule has 78 valence electrons. The summed E-state index contributed by atoms with van der Waals surface area (Å²) in [4.78, 5) is 0. The van der Waals surface area contributed by atoms with E-state index in [1.807, 2.05) is 12.1 Å². The topological polar surface area (TPSA) is 9.23 Å². The van der Waals surface area contributed by atoms with Gasteiger partial charge in [-0.2, -0.15) is 0 Å². The summed E-state index contributed by atoms with van der Waals surface area (Å²) in [7, 11) is 1.70. The van der Waals surface area contributed by atoms with Crippen molar-refractivity contribution < 1.29 is 4.74 Å². The molecule has 0 unspecified atom stereocenters. The highest BCUT2D eigenvalue weighted by molar-refractivity contribution is 9.09. The predicted molar refractivity (Wildman–Crippen MR) is 64.3 cm³/mol. The minimum atomic E-state index is 0.939. The van der Waals surface area contributed by atoms with Crippen LogP contribution in [-0.2, 0) is 6.42 Å². The zero-order valence-electron chi connectivity index (χ0n) is 8.63. The first-order valence-corrected chi connectivity index (χ1v) is 6.18. The van der Waals surface area contributed by atoms with E-state index in [1.165, 1.54) is 31.2 Å². The molecule has 0 heterocycles. The van der Waals surface area contributed by atoms with Crippen molar-refractivity contribution in [1.29, 1.82) is 0 Å². The summed E-state index contributed by atoms with van der Waals surface area (Å²) >= 11 is 3.44. The molecule has 0 aromatic heterocycles. The standard InChI is InChI=1S/C12H17BrO/c1-14-12-8-6-11(7-9-12)5-3-2-4-10-13/h6-9H,2-5,10H2,1H3. The SMILES string of the molecule is COc1ccc(CCCCCBr)cc1. The van der Waals surface area contributed by atoms with Gasteiger partial charge >= 0.3 is 0 Å². The quantitative estimate of drug-likeness (QED) is 0.556. The maximum Gasteiger partial charge on any atom is 0.118 e. The summed E-state index contributed by atoms with van der Waals surface area (Å²) in [5, 5.41) is 1.12. The van der Waals surface area contributed by atoms with Crippen molar-refractivity contribution in [3.63, 3.8) is 0 Å². The fourth-order valence-corrected chi connectivity index (χ4v) is 1.79. The predicted octanol–water partition coefficient (Wildman–Crippen LogP) is 3.80. The van der Waals surface area contributed by atoms with Crippen LogP contribution in [0, 0.1) is 0 Å². The van der Waals surface area contributed by atoms with Crippen molar-refractivity contribution >= 4 is 15.9 Å². The third-order valence-electron chi connectivity index (χ3n) is 2.26. The highest BCUT2D eigenvalue weighted by atomic mass is 79.9. The molecule has 0 aliphatic rings. The molecule has 1 aromatic rings. The molecular formula is C12H17BrO. The van der Waals surface area contributed by atoms with Gasteiger partial charge in [0.2, 0.25) is 0 Å². The minimum absolute atomic E-state index is 0.939. The van der Waals surface area contributed by atoms with Gasteiger partial charge in [-0.05, 0) is 37.0 Å².